The lowest BCUT2D eigenvalue weighted by molar-refractivity contribution is -0.145. The third-order valence-electron chi connectivity index (χ3n) is 6.86. The van der Waals surface area contributed by atoms with E-state index in [-0.39, 0.29) is 23.9 Å². The quantitative estimate of drug-likeness (QED) is 0.177. The van der Waals surface area contributed by atoms with E-state index in [9.17, 15) is 24.0 Å². The molecule has 3 rings (SSSR count). The number of hydrogen-bond acceptors (Lipinski definition) is 9. The van der Waals surface area contributed by atoms with E-state index in [1.54, 1.807) is 32.0 Å². The number of rotatable bonds is 15. The number of ketones is 1. The normalized spacial score (nSPS) is 16.8. The maximum atomic E-state index is 13.5. The summed E-state index contributed by atoms with van der Waals surface area (Å²) in [6.07, 6.45) is -1.57. The van der Waals surface area contributed by atoms with Crippen molar-refractivity contribution >= 4 is 40.6 Å². The number of nitrogens with one attached hydrogen (secondary N) is 4. The summed E-state index contributed by atoms with van der Waals surface area (Å²) in [6, 6.07) is 4.98. The molecule has 4 atom stereocenters. The molecule has 43 heavy (non-hydrogen) atoms. The molecular formula is C30H42N4O9. The number of aromatic nitrogens is 1. The molecule has 0 aliphatic carbocycles. The van der Waals surface area contributed by atoms with Crippen molar-refractivity contribution in [2.45, 2.75) is 78.4 Å². The molecule has 236 valence electrons. The molecule has 13 heteroatoms. The van der Waals surface area contributed by atoms with Gasteiger partial charge in [0.2, 0.25) is 18.1 Å². The fraction of sp³-hybridized carbons (Fsp3) is 0.567. The van der Waals surface area contributed by atoms with Crippen molar-refractivity contribution in [1.82, 2.24) is 20.9 Å². The van der Waals surface area contributed by atoms with Crippen LogP contribution in [-0.2, 0) is 28.6 Å². The average molecular weight is 603 g/mol. The molecule has 0 radical (unpaired) electrons. The second-order valence-electron chi connectivity index (χ2n) is 11.2. The van der Waals surface area contributed by atoms with Crippen molar-refractivity contribution in [3.63, 3.8) is 0 Å². The van der Waals surface area contributed by atoms with Crippen LogP contribution in [0, 0.1) is 11.8 Å². The van der Waals surface area contributed by atoms with Gasteiger partial charge in [-0.3, -0.25) is 19.2 Å². The van der Waals surface area contributed by atoms with Crippen molar-refractivity contribution in [1.29, 1.82) is 0 Å². The Morgan fingerprint density at radius 3 is 2.40 bits per heavy atom. The second kappa shape index (κ2) is 15.4. The molecule has 3 amide bonds. The fourth-order valence-corrected chi connectivity index (χ4v) is 4.75. The maximum Gasteiger partial charge on any atom is 0.510 e. The number of H-pyrrole nitrogens is 1. The smallest absolute Gasteiger partial charge is 0.496 e. The lowest BCUT2D eigenvalue weighted by atomic mass is 9.95. The molecule has 0 spiro atoms. The predicted molar refractivity (Wildman–Crippen MR) is 156 cm³/mol. The molecule has 2 heterocycles. The number of benzene rings is 1. The van der Waals surface area contributed by atoms with Crippen LogP contribution in [0.15, 0.2) is 24.3 Å². The predicted octanol–water partition coefficient (Wildman–Crippen LogP) is 2.83. The van der Waals surface area contributed by atoms with Crippen LogP contribution >= 0.6 is 0 Å². The van der Waals surface area contributed by atoms with Crippen molar-refractivity contribution in [2.75, 3.05) is 20.3 Å². The Bertz CT molecular complexity index is 1310. The van der Waals surface area contributed by atoms with Gasteiger partial charge in [0, 0.05) is 23.4 Å². The zero-order valence-electron chi connectivity index (χ0n) is 25.5. The molecule has 0 unspecified atom stereocenters. The molecule has 1 aromatic heterocycles. The number of fused-ring (bicyclic) bond motifs is 1. The molecule has 0 bridgehead atoms. The fourth-order valence-electron chi connectivity index (χ4n) is 4.75. The van der Waals surface area contributed by atoms with Gasteiger partial charge in [0.25, 0.3) is 5.91 Å². The summed E-state index contributed by atoms with van der Waals surface area (Å²) in [7, 11) is 1.54. The number of carbonyl (C=O) groups is 5. The third kappa shape index (κ3) is 9.70. The van der Waals surface area contributed by atoms with Gasteiger partial charge in [-0.05, 0) is 64.2 Å². The summed E-state index contributed by atoms with van der Waals surface area (Å²) < 4.78 is 20.7. The molecule has 4 N–H and O–H groups in total. The lowest BCUT2D eigenvalue weighted by Crippen LogP contribution is -2.53. The Morgan fingerprint density at radius 2 is 1.77 bits per heavy atom. The van der Waals surface area contributed by atoms with Crippen LogP contribution in [-0.4, -0.2) is 79.4 Å². The van der Waals surface area contributed by atoms with E-state index in [1.165, 1.54) is 14.0 Å². The minimum atomic E-state index is -1.09. The first-order valence-electron chi connectivity index (χ1n) is 14.4. The Morgan fingerprint density at radius 1 is 1.02 bits per heavy atom. The monoisotopic (exact) mass is 602 g/mol. The van der Waals surface area contributed by atoms with Crippen LogP contribution in [0.1, 0.15) is 64.4 Å². The third-order valence-corrected chi connectivity index (χ3v) is 6.86. The highest BCUT2D eigenvalue weighted by molar-refractivity contribution is 6.02. The van der Waals surface area contributed by atoms with Gasteiger partial charge in [-0.15, -0.1) is 0 Å². The highest BCUT2D eigenvalue weighted by atomic mass is 16.8. The average Bonchev–Trinajstić information content (AvgIpc) is 3.56. The summed E-state index contributed by atoms with van der Waals surface area (Å²) in [5.74, 6) is -1.65. The molecular weight excluding hydrogens is 560 g/mol. The summed E-state index contributed by atoms with van der Waals surface area (Å²) in [5, 5.41) is 8.97. The molecule has 0 saturated carbocycles. The number of Topliss-reactive ketones (excluding diaryl/α,β-unsaturated/α-hetero) is 1. The van der Waals surface area contributed by atoms with Gasteiger partial charge in [0.15, 0.2) is 5.78 Å². The molecule has 1 aliphatic heterocycles. The van der Waals surface area contributed by atoms with E-state index < -0.39 is 60.8 Å². The van der Waals surface area contributed by atoms with Gasteiger partial charge in [-0.1, -0.05) is 19.9 Å². The zero-order chi connectivity index (χ0) is 31.7. The molecule has 1 saturated heterocycles. The highest BCUT2D eigenvalue weighted by Gasteiger charge is 2.34. The van der Waals surface area contributed by atoms with Crippen molar-refractivity contribution in [3.8, 4) is 5.75 Å². The topological polar surface area (TPSA) is 174 Å². The number of aromatic amines is 1. The zero-order valence-corrected chi connectivity index (χ0v) is 25.5. The summed E-state index contributed by atoms with van der Waals surface area (Å²) in [4.78, 5) is 67.1. The van der Waals surface area contributed by atoms with Crippen LogP contribution in [0.4, 0.5) is 4.79 Å². The van der Waals surface area contributed by atoms with E-state index in [1.807, 2.05) is 19.9 Å². The lowest BCUT2D eigenvalue weighted by Gasteiger charge is -2.25. The largest absolute Gasteiger partial charge is 0.510 e. The second-order valence-corrected chi connectivity index (χ2v) is 11.2. The van der Waals surface area contributed by atoms with E-state index >= 15 is 0 Å². The van der Waals surface area contributed by atoms with Crippen LogP contribution in [0.3, 0.4) is 0 Å². The number of hydrogen-bond donors (Lipinski definition) is 4. The Labute approximate surface area is 250 Å². The minimum Gasteiger partial charge on any atom is -0.496 e. The Balaban J connectivity index is 1.72. The Hall–Kier alpha value is -4.13. The number of ether oxygens (including phenoxy) is 4. The summed E-state index contributed by atoms with van der Waals surface area (Å²) in [5.41, 5.74) is 0.945. The highest BCUT2D eigenvalue weighted by Crippen LogP contribution is 2.26. The van der Waals surface area contributed by atoms with Gasteiger partial charge in [0.1, 0.15) is 24.1 Å². The van der Waals surface area contributed by atoms with Gasteiger partial charge in [0.05, 0.1) is 19.3 Å². The first kappa shape index (κ1) is 33.4. The molecule has 2 aromatic rings. The van der Waals surface area contributed by atoms with Crippen molar-refractivity contribution in [2.24, 2.45) is 11.8 Å². The van der Waals surface area contributed by atoms with Gasteiger partial charge >= 0.3 is 6.16 Å². The van der Waals surface area contributed by atoms with Gasteiger partial charge in [-0.25, -0.2) is 4.79 Å². The molecule has 1 aliphatic rings. The van der Waals surface area contributed by atoms with Crippen LogP contribution < -0.4 is 20.7 Å². The first-order chi connectivity index (χ1) is 20.4. The van der Waals surface area contributed by atoms with E-state index in [4.69, 9.17) is 18.9 Å². The Kier molecular flexibility index (Phi) is 11.9. The van der Waals surface area contributed by atoms with E-state index in [0.29, 0.717) is 30.7 Å². The number of methoxy groups -OCH3 is 1. The summed E-state index contributed by atoms with van der Waals surface area (Å²) >= 11 is 0. The van der Waals surface area contributed by atoms with Crippen molar-refractivity contribution < 1.29 is 42.9 Å². The minimum absolute atomic E-state index is 0.0283. The van der Waals surface area contributed by atoms with Crippen LogP contribution in [0.5, 0.6) is 5.75 Å². The standard InChI is InChI=1S/C30H42N4O9/c1-16(2)12-23(34-29(38)24-14-20-21(32-24)8-7-9-26(20)40-6)28(37)33-22(13-19-10-11-31-27(19)36)25(35)15-41-18(5)43-30(39)42-17(3)4/h7-9,14,16-19,22-23,32H,10-13,15H2,1-6H3,(H,31,36)(H,33,37)(H,34,38)/t18-,19+,22+,23+/m1/s1. The number of carbonyl (C=O) groups excluding carboxylic acids is 5. The maximum absolute atomic E-state index is 13.5. The van der Waals surface area contributed by atoms with Crippen molar-refractivity contribution in [3.05, 3.63) is 30.0 Å². The molecule has 1 aromatic carbocycles. The first-order valence-corrected chi connectivity index (χ1v) is 14.4. The van der Waals surface area contributed by atoms with Gasteiger partial charge < -0.3 is 39.9 Å². The molecule has 1 fully saturated rings. The number of amides is 3. The molecule has 13 nitrogen and oxygen atoms in total. The van der Waals surface area contributed by atoms with E-state index in [2.05, 4.69) is 20.9 Å². The van der Waals surface area contributed by atoms with Gasteiger partial charge in [-0.2, -0.15) is 0 Å². The SMILES string of the molecule is COc1cccc2[nH]c(C(=O)N[C@@H](CC(C)C)C(=O)N[C@@H](C[C@@H]3CCNC3=O)C(=O)CO[C@@H](C)OC(=O)OC(C)C)cc12. The van der Waals surface area contributed by atoms with Crippen LogP contribution in [0.25, 0.3) is 10.9 Å². The van der Waals surface area contributed by atoms with E-state index in [0.717, 1.165) is 5.39 Å². The van der Waals surface area contributed by atoms with Crippen LogP contribution in [0.2, 0.25) is 0 Å². The summed E-state index contributed by atoms with van der Waals surface area (Å²) in [6.45, 7) is 8.55.